The van der Waals surface area contributed by atoms with Crippen molar-refractivity contribution >= 4 is 28.8 Å². The van der Waals surface area contributed by atoms with Gasteiger partial charge in [-0.2, -0.15) is 10.1 Å². The maximum atomic E-state index is 11.6. The molecule has 0 aliphatic heterocycles. The zero-order chi connectivity index (χ0) is 25.1. The van der Waals surface area contributed by atoms with E-state index < -0.39 is 0 Å². The highest BCUT2D eigenvalue weighted by atomic mass is 16.5. The van der Waals surface area contributed by atoms with Crippen molar-refractivity contribution in [3.63, 3.8) is 0 Å². The van der Waals surface area contributed by atoms with Gasteiger partial charge >= 0.3 is 5.97 Å². The number of hydrogen-bond donors (Lipinski definition) is 3. The average molecular weight is 480 g/mol. The average Bonchev–Trinajstić information content (AvgIpc) is 3.20. The Morgan fingerprint density at radius 3 is 2.51 bits per heavy atom. The van der Waals surface area contributed by atoms with Crippen LogP contribution in [0.25, 0.3) is 11.0 Å². The molecule has 0 amide bonds. The molecule has 188 valence electrons. The summed E-state index contributed by atoms with van der Waals surface area (Å²) in [6, 6.07) is 8.23. The van der Waals surface area contributed by atoms with Crippen LogP contribution in [-0.2, 0) is 11.3 Å². The lowest BCUT2D eigenvalue weighted by atomic mass is 9.92. The highest BCUT2D eigenvalue weighted by molar-refractivity contribution is 5.89. The van der Waals surface area contributed by atoms with E-state index in [0.29, 0.717) is 30.1 Å². The maximum absolute atomic E-state index is 11.6. The van der Waals surface area contributed by atoms with E-state index in [1.54, 1.807) is 6.07 Å². The molecule has 2 aromatic heterocycles. The Labute approximate surface area is 206 Å². The first-order chi connectivity index (χ1) is 16.7. The third kappa shape index (κ3) is 5.73. The first-order valence-electron chi connectivity index (χ1n) is 12.5. The van der Waals surface area contributed by atoms with Crippen LogP contribution in [0.4, 0.5) is 11.8 Å². The number of ether oxygens (including phenoxy) is 1. The molecule has 2 heterocycles. The van der Waals surface area contributed by atoms with Gasteiger partial charge in [-0.15, -0.1) is 0 Å². The Hall–Kier alpha value is -3.20. The van der Waals surface area contributed by atoms with E-state index in [1.807, 2.05) is 22.9 Å². The molecule has 4 N–H and O–H groups in total. The summed E-state index contributed by atoms with van der Waals surface area (Å²) >= 11 is 0. The molecule has 1 aliphatic carbocycles. The molecule has 9 nitrogen and oxygen atoms in total. The van der Waals surface area contributed by atoms with E-state index in [0.717, 1.165) is 48.0 Å². The number of benzene rings is 1. The lowest BCUT2D eigenvalue weighted by Crippen LogP contribution is -2.33. The summed E-state index contributed by atoms with van der Waals surface area (Å²) in [6.45, 7) is 10.3. The first-order valence-corrected chi connectivity index (χ1v) is 12.5. The molecular weight excluding hydrogens is 442 g/mol. The fourth-order valence-corrected chi connectivity index (χ4v) is 4.54. The van der Waals surface area contributed by atoms with E-state index in [4.69, 9.17) is 25.5 Å². The second-order valence-corrected chi connectivity index (χ2v) is 9.98. The fraction of sp³-hybridized carbons (Fsp3) is 0.538. The molecule has 1 aromatic carbocycles. The van der Waals surface area contributed by atoms with Crippen LogP contribution in [0.5, 0.6) is 5.75 Å². The fourth-order valence-electron chi connectivity index (χ4n) is 4.54. The molecular formula is C26H37N7O2. The minimum absolute atomic E-state index is 0.140. The van der Waals surface area contributed by atoms with Crippen LogP contribution in [0.2, 0.25) is 0 Å². The largest absolute Gasteiger partial charge is 0.426 e. The van der Waals surface area contributed by atoms with Gasteiger partial charge in [-0.25, -0.2) is 4.98 Å². The topological polar surface area (TPSA) is 120 Å². The van der Waals surface area contributed by atoms with Gasteiger partial charge in [-0.1, -0.05) is 32.0 Å². The first kappa shape index (κ1) is 24.9. The summed E-state index contributed by atoms with van der Waals surface area (Å²) < 4.78 is 7.39. The number of anilines is 2. The summed E-state index contributed by atoms with van der Waals surface area (Å²) in [7, 11) is 0. The van der Waals surface area contributed by atoms with E-state index in [9.17, 15) is 4.79 Å². The number of nitrogens with zero attached hydrogens (tertiary/aromatic N) is 4. The van der Waals surface area contributed by atoms with Crippen molar-refractivity contribution in [3.8, 4) is 5.75 Å². The van der Waals surface area contributed by atoms with Crippen molar-refractivity contribution in [1.82, 2.24) is 19.7 Å². The lowest BCUT2D eigenvalue weighted by Gasteiger charge is -2.27. The second kappa shape index (κ2) is 10.6. The highest BCUT2D eigenvalue weighted by Gasteiger charge is 2.24. The summed E-state index contributed by atoms with van der Waals surface area (Å²) in [4.78, 5) is 21.4. The smallest absolute Gasteiger partial charge is 0.308 e. The van der Waals surface area contributed by atoms with Gasteiger partial charge in [0.2, 0.25) is 5.95 Å². The zero-order valence-electron chi connectivity index (χ0n) is 21.3. The number of rotatable bonds is 8. The van der Waals surface area contributed by atoms with Gasteiger partial charge in [0.1, 0.15) is 16.8 Å². The molecule has 4 rings (SSSR count). The molecule has 1 saturated carbocycles. The third-order valence-electron chi connectivity index (χ3n) is 6.38. The van der Waals surface area contributed by atoms with Crippen molar-refractivity contribution in [2.75, 3.05) is 10.6 Å². The molecule has 1 fully saturated rings. The Morgan fingerprint density at radius 2 is 1.86 bits per heavy atom. The number of aromatic nitrogens is 4. The number of esters is 1. The Kier molecular flexibility index (Phi) is 7.54. The summed E-state index contributed by atoms with van der Waals surface area (Å²) in [6.07, 6.45) is 4.01. The van der Waals surface area contributed by atoms with Crippen LogP contribution in [0.1, 0.15) is 83.5 Å². The number of hydrogen-bond acceptors (Lipinski definition) is 8. The quantitative estimate of drug-likeness (QED) is 0.313. The molecule has 1 aliphatic rings. The van der Waals surface area contributed by atoms with Crippen LogP contribution < -0.4 is 21.1 Å². The molecule has 0 atom stereocenters. The van der Waals surface area contributed by atoms with Crippen LogP contribution in [0.3, 0.4) is 0 Å². The molecule has 0 radical (unpaired) electrons. The molecule has 0 saturated heterocycles. The summed E-state index contributed by atoms with van der Waals surface area (Å²) in [5.74, 6) is 1.70. The van der Waals surface area contributed by atoms with E-state index >= 15 is 0 Å². The summed E-state index contributed by atoms with van der Waals surface area (Å²) in [5.41, 5.74) is 9.65. The van der Waals surface area contributed by atoms with Gasteiger partial charge in [-0.05, 0) is 51.5 Å². The van der Waals surface area contributed by atoms with E-state index in [-0.39, 0.29) is 24.0 Å². The van der Waals surface area contributed by atoms with Gasteiger partial charge < -0.3 is 21.1 Å². The predicted octanol–water partition coefficient (Wildman–Crippen LogP) is 4.75. The molecule has 3 aromatic rings. The predicted molar refractivity (Wildman–Crippen MR) is 139 cm³/mol. The molecule has 35 heavy (non-hydrogen) atoms. The Balaban J connectivity index is 1.73. The van der Waals surface area contributed by atoms with Crippen LogP contribution in [-0.4, -0.2) is 37.8 Å². The zero-order valence-corrected chi connectivity index (χ0v) is 21.3. The Morgan fingerprint density at radius 1 is 1.14 bits per heavy atom. The van der Waals surface area contributed by atoms with Crippen LogP contribution in [0, 0.1) is 0 Å². The number of fused-ring (bicyclic) bond motifs is 1. The molecule has 9 heteroatoms. The number of para-hydroxylation sites is 1. The van der Waals surface area contributed by atoms with Crippen molar-refractivity contribution in [1.29, 1.82) is 0 Å². The third-order valence-corrected chi connectivity index (χ3v) is 6.38. The van der Waals surface area contributed by atoms with Crippen molar-refractivity contribution in [3.05, 3.63) is 35.5 Å². The SMILES string of the molecule is CC(=O)Oc1ccccc1CNc1nc(NC2CCC(N)CC2)nc2c(C(C)C)nn(C(C)C)c12. The van der Waals surface area contributed by atoms with Gasteiger partial charge in [0.25, 0.3) is 0 Å². The Bertz CT molecular complexity index is 1180. The van der Waals surface area contributed by atoms with Crippen molar-refractivity contribution in [2.45, 2.75) is 90.9 Å². The minimum Gasteiger partial charge on any atom is -0.426 e. The number of carbonyl (C=O) groups is 1. The van der Waals surface area contributed by atoms with Crippen molar-refractivity contribution in [2.24, 2.45) is 5.73 Å². The normalized spacial score (nSPS) is 18.3. The van der Waals surface area contributed by atoms with E-state index in [2.05, 4.69) is 38.3 Å². The van der Waals surface area contributed by atoms with Crippen LogP contribution in [0.15, 0.2) is 24.3 Å². The lowest BCUT2D eigenvalue weighted by molar-refractivity contribution is -0.131. The van der Waals surface area contributed by atoms with Gasteiger partial charge in [0, 0.05) is 37.2 Å². The molecule has 0 bridgehead atoms. The molecule has 0 spiro atoms. The maximum Gasteiger partial charge on any atom is 0.308 e. The van der Waals surface area contributed by atoms with Crippen molar-refractivity contribution < 1.29 is 9.53 Å². The van der Waals surface area contributed by atoms with Gasteiger partial charge in [-0.3, -0.25) is 9.48 Å². The number of nitrogens with one attached hydrogen (secondary N) is 2. The monoisotopic (exact) mass is 479 g/mol. The number of nitrogens with two attached hydrogens (primary N) is 1. The number of carbonyl (C=O) groups excluding carboxylic acids is 1. The molecule has 0 unspecified atom stereocenters. The second-order valence-electron chi connectivity index (χ2n) is 9.98. The summed E-state index contributed by atoms with van der Waals surface area (Å²) in [5, 5.41) is 12.0. The minimum atomic E-state index is -0.347. The standard InChI is InChI=1S/C26H37N7O2/c1-15(2)22-23-24(33(32-22)16(3)4)25(28-14-18-8-6-7-9-21(18)35-17(5)34)31-26(30-23)29-20-12-10-19(27)11-13-20/h6-9,15-16,19-20H,10-14,27H2,1-5H3,(H2,28,29,30,31). The van der Waals surface area contributed by atoms with E-state index in [1.165, 1.54) is 6.92 Å². The van der Waals surface area contributed by atoms with Gasteiger partial charge in [0.05, 0.1) is 5.69 Å². The highest BCUT2D eigenvalue weighted by Crippen LogP contribution is 2.32. The van der Waals surface area contributed by atoms with Gasteiger partial charge in [0.15, 0.2) is 5.82 Å². The van der Waals surface area contributed by atoms with Crippen LogP contribution >= 0.6 is 0 Å².